The molecule has 4 heteroatoms. The normalized spacial score (nSPS) is 9.86. The molecule has 0 heterocycles. The van der Waals surface area contributed by atoms with Gasteiger partial charge in [-0.1, -0.05) is 59.3 Å². The van der Waals surface area contributed by atoms with Crippen LogP contribution in [0.1, 0.15) is 17.5 Å². The summed E-state index contributed by atoms with van der Waals surface area (Å²) in [5.41, 5.74) is 1.60. The summed E-state index contributed by atoms with van der Waals surface area (Å²) in [6.45, 7) is 0.367. The first-order valence-corrected chi connectivity index (χ1v) is 7.22. The SMILES string of the molecule is OCCC#Cc1ccccc1OCc1cccc(Cl)c1Cl. The van der Waals surface area contributed by atoms with Gasteiger partial charge in [0.2, 0.25) is 0 Å². The molecule has 0 fully saturated rings. The van der Waals surface area contributed by atoms with E-state index >= 15 is 0 Å². The number of hydrogen-bond acceptors (Lipinski definition) is 2. The third-order valence-corrected chi connectivity index (χ3v) is 3.62. The summed E-state index contributed by atoms with van der Waals surface area (Å²) in [6, 6.07) is 12.9. The molecule has 0 unspecified atom stereocenters. The highest BCUT2D eigenvalue weighted by molar-refractivity contribution is 6.42. The molecular formula is C17H14Cl2O2. The summed E-state index contributed by atoms with van der Waals surface area (Å²) < 4.78 is 5.78. The number of benzene rings is 2. The molecule has 0 saturated heterocycles. The summed E-state index contributed by atoms with van der Waals surface area (Å²) >= 11 is 12.1. The smallest absolute Gasteiger partial charge is 0.135 e. The van der Waals surface area contributed by atoms with Crippen LogP contribution < -0.4 is 4.74 Å². The fourth-order valence-corrected chi connectivity index (χ4v) is 2.10. The lowest BCUT2D eigenvalue weighted by molar-refractivity contribution is 0.304. The van der Waals surface area contributed by atoms with Gasteiger partial charge in [-0.3, -0.25) is 0 Å². The number of hydrogen-bond donors (Lipinski definition) is 1. The first-order valence-electron chi connectivity index (χ1n) is 6.47. The molecule has 0 atom stereocenters. The molecule has 0 aliphatic rings. The number of para-hydroxylation sites is 1. The van der Waals surface area contributed by atoms with Crippen LogP contribution in [-0.2, 0) is 6.61 Å². The highest BCUT2D eigenvalue weighted by Gasteiger charge is 2.06. The van der Waals surface area contributed by atoms with E-state index in [9.17, 15) is 0 Å². The van der Waals surface area contributed by atoms with Gasteiger partial charge in [0.1, 0.15) is 12.4 Å². The van der Waals surface area contributed by atoms with Crippen LogP contribution in [-0.4, -0.2) is 11.7 Å². The van der Waals surface area contributed by atoms with Crippen LogP contribution in [0, 0.1) is 11.8 Å². The molecular weight excluding hydrogens is 307 g/mol. The van der Waals surface area contributed by atoms with Gasteiger partial charge < -0.3 is 9.84 Å². The Morgan fingerprint density at radius 2 is 1.86 bits per heavy atom. The van der Waals surface area contributed by atoms with Crippen LogP contribution in [0.2, 0.25) is 10.0 Å². The molecule has 0 saturated carbocycles. The van der Waals surface area contributed by atoms with Gasteiger partial charge in [-0.25, -0.2) is 0 Å². The zero-order valence-electron chi connectivity index (χ0n) is 11.3. The van der Waals surface area contributed by atoms with Crippen molar-refractivity contribution in [2.45, 2.75) is 13.0 Å². The minimum Gasteiger partial charge on any atom is -0.488 e. The molecule has 0 radical (unpaired) electrons. The van der Waals surface area contributed by atoms with Crippen LogP contribution in [0.5, 0.6) is 5.75 Å². The van der Waals surface area contributed by atoms with Crippen molar-refractivity contribution in [1.82, 2.24) is 0 Å². The maximum Gasteiger partial charge on any atom is 0.135 e. The number of ether oxygens (including phenoxy) is 1. The van der Waals surface area contributed by atoms with Crippen molar-refractivity contribution in [2.24, 2.45) is 0 Å². The average Bonchev–Trinajstić information content (AvgIpc) is 2.50. The largest absolute Gasteiger partial charge is 0.488 e. The highest BCUT2D eigenvalue weighted by atomic mass is 35.5. The van der Waals surface area contributed by atoms with Gasteiger partial charge in [-0.05, 0) is 18.2 Å². The minimum absolute atomic E-state index is 0.0497. The lowest BCUT2D eigenvalue weighted by Gasteiger charge is -2.10. The Morgan fingerprint density at radius 3 is 2.67 bits per heavy atom. The van der Waals surface area contributed by atoms with Crippen molar-refractivity contribution in [3.63, 3.8) is 0 Å². The molecule has 2 aromatic rings. The number of halogens is 2. The van der Waals surface area contributed by atoms with Gasteiger partial charge in [-0.15, -0.1) is 0 Å². The number of rotatable bonds is 4. The molecule has 108 valence electrons. The molecule has 2 nitrogen and oxygen atoms in total. The number of aliphatic hydroxyl groups is 1. The second kappa shape index (κ2) is 7.95. The van der Waals surface area contributed by atoms with E-state index in [1.165, 1.54) is 0 Å². The highest BCUT2D eigenvalue weighted by Crippen LogP contribution is 2.27. The van der Waals surface area contributed by atoms with Crippen LogP contribution in [0.25, 0.3) is 0 Å². The zero-order valence-corrected chi connectivity index (χ0v) is 12.8. The van der Waals surface area contributed by atoms with E-state index in [2.05, 4.69) is 11.8 Å². The van der Waals surface area contributed by atoms with Crippen LogP contribution in [0.3, 0.4) is 0 Å². The molecule has 2 rings (SSSR count). The Hall–Kier alpha value is -1.66. The van der Waals surface area contributed by atoms with Crippen molar-refractivity contribution in [1.29, 1.82) is 0 Å². The Balaban J connectivity index is 2.14. The number of aliphatic hydroxyl groups excluding tert-OH is 1. The van der Waals surface area contributed by atoms with Gasteiger partial charge in [0.25, 0.3) is 0 Å². The maximum absolute atomic E-state index is 8.76. The Labute approximate surface area is 134 Å². The summed E-state index contributed by atoms with van der Waals surface area (Å²) in [5, 5.41) is 9.77. The molecule has 0 aliphatic heterocycles. The van der Waals surface area contributed by atoms with E-state index in [1.807, 2.05) is 36.4 Å². The lowest BCUT2D eigenvalue weighted by Crippen LogP contribution is -1.98. The Bertz CT molecular complexity index is 672. The summed E-state index contributed by atoms with van der Waals surface area (Å²) in [7, 11) is 0. The van der Waals surface area contributed by atoms with E-state index in [0.29, 0.717) is 28.8 Å². The first kappa shape index (κ1) is 15.7. The molecule has 0 bridgehead atoms. The van der Waals surface area contributed by atoms with Crippen molar-refractivity contribution in [3.05, 3.63) is 63.6 Å². The molecule has 2 aromatic carbocycles. The van der Waals surface area contributed by atoms with E-state index in [4.69, 9.17) is 33.0 Å². The van der Waals surface area contributed by atoms with Crippen molar-refractivity contribution in [2.75, 3.05) is 6.61 Å². The van der Waals surface area contributed by atoms with E-state index in [1.54, 1.807) is 6.07 Å². The van der Waals surface area contributed by atoms with E-state index in [-0.39, 0.29) is 6.61 Å². The van der Waals surface area contributed by atoms with Crippen LogP contribution in [0.15, 0.2) is 42.5 Å². The second-order valence-electron chi connectivity index (χ2n) is 4.27. The first-order chi connectivity index (χ1) is 10.2. The van der Waals surface area contributed by atoms with Crippen molar-refractivity contribution in [3.8, 4) is 17.6 Å². The summed E-state index contributed by atoms with van der Waals surface area (Å²) in [4.78, 5) is 0. The van der Waals surface area contributed by atoms with E-state index < -0.39 is 0 Å². The average molecular weight is 321 g/mol. The quantitative estimate of drug-likeness (QED) is 0.851. The van der Waals surface area contributed by atoms with Crippen LogP contribution >= 0.6 is 23.2 Å². The van der Waals surface area contributed by atoms with E-state index in [0.717, 1.165) is 11.1 Å². The van der Waals surface area contributed by atoms with Gasteiger partial charge in [0.15, 0.2) is 0 Å². The standard InChI is InChI=1S/C17H14Cl2O2/c18-15-9-5-8-14(17(15)19)12-21-16-10-2-1-6-13(16)7-3-4-11-20/h1-2,5-6,8-10,20H,4,11-12H2. The molecule has 0 amide bonds. The van der Waals surface area contributed by atoms with Gasteiger partial charge in [0, 0.05) is 12.0 Å². The fourth-order valence-electron chi connectivity index (χ4n) is 1.72. The minimum atomic E-state index is 0.0497. The Morgan fingerprint density at radius 1 is 1.05 bits per heavy atom. The second-order valence-corrected chi connectivity index (χ2v) is 5.06. The monoisotopic (exact) mass is 320 g/mol. The Kier molecular flexibility index (Phi) is 5.95. The fraction of sp³-hybridized carbons (Fsp3) is 0.176. The van der Waals surface area contributed by atoms with Crippen LogP contribution in [0.4, 0.5) is 0 Å². The molecule has 0 spiro atoms. The molecule has 0 aromatic heterocycles. The third kappa shape index (κ3) is 4.41. The third-order valence-electron chi connectivity index (χ3n) is 2.76. The predicted molar refractivity (Wildman–Crippen MR) is 85.8 cm³/mol. The lowest BCUT2D eigenvalue weighted by atomic mass is 10.2. The zero-order chi connectivity index (χ0) is 15.1. The predicted octanol–water partition coefficient (Wildman–Crippen LogP) is 4.31. The van der Waals surface area contributed by atoms with Crippen molar-refractivity contribution < 1.29 is 9.84 Å². The molecule has 1 N–H and O–H groups in total. The van der Waals surface area contributed by atoms with Gasteiger partial charge in [-0.2, -0.15) is 0 Å². The topological polar surface area (TPSA) is 29.5 Å². The maximum atomic E-state index is 8.76. The molecule has 0 aliphatic carbocycles. The summed E-state index contributed by atoms with van der Waals surface area (Å²) in [6.07, 6.45) is 0.439. The van der Waals surface area contributed by atoms with Gasteiger partial charge >= 0.3 is 0 Å². The van der Waals surface area contributed by atoms with Gasteiger partial charge in [0.05, 0.1) is 22.2 Å². The molecule has 21 heavy (non-hydrogen) atoms. The summed E-state index contributed by atoms with van der Waals surface area (Å²) in [5.74, 6) is 6.55. The van der Waals surface area contributed by atoms with Crippen molar-refractivity contribution >= 4 is 23.2 Å².